The molecule has 2 aromatic carbocycles. The zero-order chi connectivity index (χ0) is 15.3. The minimum Gasteiger partial charge on any atom is -0.326 e. The van der Waals surface area contributed by atoms with Gasteiger partial charge in [-0.3, -0.25) is 0 Å². The summed E-state index contributed by atoms with van der Waals surface area (Å²) < 4.78 is 24.4. The zero-order valence-electron chi connectivity index (χ0n) is 11.3. The molecule has 21 heavy (non-hydrogen) atoms. The molecule has 112 valence electrons. The Morgan fingerprint density at radius 2 is 1.81 bits per heavy atom. The molecule has 0 aliphatic carbocycles. The molecule has 2 rings (SSSR count). The molecule has 0 amide bonds. The molecule has 0 saturated heterocycles. The Bertz CT molecular complexity index is 700. The van der Waals surface area contributed by atoms with E-state index in [-0.39, 0.29) is 5.75 Å². The zero-order valence-corrected chi connectivity index (χ0v) is 13.7. The number of hydrogen-bond acceptors (Lipinski definition) is 4. The van der Waals surface area contributed by atoms with Gasteiger partial charge in [-0.2, -0.15) is 0 Å². The average molecular weight is 342 g/mol. The number of nitrogens with two attached hydrogens (primary N) is 1. The van der Waals surface area contributed by atoms with Crippen LogP contribution in [0, 0.1) is 0 Å². The third kappa shape index (κ3) is 4.74. The topological polar surface area (TPSA) is 60.2 Å². The SMILES string of the molecule is NCc1ccc(S(=O)(=O)CCSc2cccc(Cl)c2)cc1. The average Bonchev–Trinajstić information content (AvgIpc) is 2.47. The number of rotatable bonds is 6. The Hall–Kier alpha value is -1.01. The molecule has 0 aliphatic rings. The Kier molecular flexibility index (Phi) is 5.70. The van der Waals surface area contributed by atoms with Crippen molar-refractivity contribution in [1.82, 2.24) is 0 Å². The van der Waals surface area contributed by atoms with Gasteiger partial charge in [-0.1, -0.05) is 29.8 Å². The second-order valence-corrected chi connectivity index (χ2v) is 8.19. The normalized spacial score (nSPS) is 11.5. The summed E-state index contributed by atoms with van der Waals surface area (Å²) in [7, 11) is -3.26. The van der Waals surface area contributed by atoms with Gasteiger partial charge in [0, 0.05) is 22.2 Å². The van der Waals surface area contributed by atoms with Crippen LogP contribution in [-0.4, -0.2) is 19.9 Å². The predicted octanol–water partition coefficient (Wildman–Crippen LogP) is 3.36. The van der Waals surface area contributed by atoms with Crippen molar-refractivity contribution >= 4 is 33.2 Å². The molecule has 3 nitrogen and oxygen atoms in total. The molecule has 2 aromatic rings. The Morgan fingerprint density at radius 1 is 1.10 bits per heavy atom. The van der Waals surface area contributed by atoms with E-state index < -0.39 is 9.84 Å². The summed E-state index contributed by atoms with van der Waals surface area (Å²) in [6.45, 7) is 0.408. The summed E-state index contributed by atoms with van der Waals surface area (Å²) in [5, 5.41) is 0.653. The lowest BCUT2D eigenvalue weighted by molar-refractivity contribution is 0.597. The first-order chi connectivity index (χ1) is 10.0. The molecule has 0 fully saturated rings. The Balaban J connectivity index is 1.97. The fourth-order valence-electron chi connectivity index (χ4n) is 1.78. The summed E-state index contributed by atoms with van der Waals surface area (Å²) in [6.07, 6.45) is 0. The van der Waals surface area contributed by atoms with E-state index in [0.29, 0.717) is 22.2 Å². The monoisotopic (exact) mass is 341 g/mol. The number of sulfone groups is 1. The highest BCUT2D eigenvalue weighted by molar-refractivity contribution is 8.00. The highest BCUT2D eigenvalue weighted by Crippen LogP contribution is 2.23. The van der Waals surface area contributed by atoms with Crippen LogP contribution in [0.5, 0.6) is 0 Å². The van der Waals surface area contributed by atoms with Crippen molar-refractivity contribution < 1.29 is 8.42 Å². The van der Waals surface area contributed by atoms with Crippen molar-refractivity contribution in [2.45, 2.75) is 16.3 Å². The van der Waals surface area contributed by atoms with E-state index >= 15 is 0 Å². The van der Waals surface area contributed by atoms with Crippen molar-refractivity contribution in [2.24, 2.45) is 5.73 Å². The highest BCUT2D eigenvalue weighted by atomic mass is 35.5. The second-order valence-electron chi connectivity index (χ2n) is 4.47. The largest absolute Gasteiger partial charge is 0.326 e. The third-order valence-corrected chi connectivity index (χ3v) is 6.16. The van der Waals surface area contributed by atoms with Crippen LogP contribution in [0.4, 0.5) is 0 Å². The van der Waals surface area contributed by atoms with E-state index in [1.54, 1.807) is 30.3 Å². The first-order valence-corrected chi connectivity index (χ1v) is 9.43. The van der Waals surface area contributed by atoms with E-state index in [4.69, 9.17) is 17.3 Å². The van der Waals surface area contributed by atoms with E-state index in [2.05, 4.69) is 0 Å². The molecule has 0 radical (unpaired) electrons. The quantitative estimate of drug-likeness (QED) is 0.818. The van der Waals surface area contributed by atoms with E-state index in [1.165, 1.54) is 11.8 Å². The van der Waals surface area contributed by atoms with Crippen LogP contribution in [0.3, 0.4) is 0 Å². The van der Waals surface area contributed by atoms with E-state index in [9.17, 15) is 8.42 Å². The van der Waals surface area contributed by atoms with Crippen molar-refractivity contribution in [3.8, 4) is 0 Å². The maximum Gasteiger partial charge on any atom is 0.179 e. The number of hydrogen-bond donors (Lipinski definition) is 1. The van der Waals surface area contributed by atoms with Gasteiger partial charge in [0.2, 0.25) is 0 Å². The molecule has 0 heterocycles. The summed E-state index contributed by atoms with van der Waals surface area (Å²) in [6, 6.07) is 14.1. The van der Waals surface area contributed by atoms with Gasteiger partial charge in [-0.15, -0.1) is 11.8 Å². The molecule has 0 saturated carbocycles. The maximum atomic E-state index is 12.2. The Morgan fingerprint density at radius 3 is 2.43 bits per heavy atom. The Labute approximate surface area is 134 Å². The van der Waals surface area contributed by atoms with Crippen LogP contribution in [0.2, 0.25) is 5.02 Å². The van der Waals surface area contributed by atoms with Crippen LogP contribution >= 0.6 is 23.4 Å². The molecule has 0 aliphatic heterocycles. The van der Waals surface area contributed by atoms with Crippen LogP contribution in [0.1, 0.15) is 5.56 Å². The molecule has 0 aromatic heterocycles. The predicted molar refractivity (Wildman–Crippen MR) is 88.6 cm³/mol. The van der Waals surface area contributed by atoms with E-state index in [0.717, 1.165) is 10.5 Å². The molecule has 0 spiro atoms. The van der Waals surface area contributed by atoms with Crippen LogP contribution in [-0.2, 0) is 16.4 Å². The van der Waals surface area contributed by atoms with Gasteiger partial charge in [0.05, 0.1) is 10.6 Å². The molecule has 0 bridgehead atoms. The lowest BCUT2D eigenvalue weighted by atomic mass is 10.2. The van der Waals surface area contributed by atoms with Gasteiger partial charge in [-0.25, -0.2) is 8.42 Å². The first kappa shape index (κ1) is 16.4. The molecule has 2 N–H and O–H groups in total. The number of benzene rings is 2. The summed E-state index contributed by atoms with van der Waals surface area (Å²) in [5.74, 6) is 0.577. The number of thioether (sulfide) groups is 1. The summed E-state index contributed by atoms with van der Waals surface area (Å²) in [5.41, 5.74) is 6.42. The van der Waals surface area contributed by atoms with Crippen LogP contribution < -0.4 is 5.73 Å². The van der Waals surface area contributed by atoms with Crippen molar-refractivity contribution in [1.29, 1.82) is 0 Å². The summed E-state index contributed by atoms with van der Waals surface area (Å²) in [4.78, 5) is 1.31. The smallest absolute Gasteiger partial charge is 0.179 e. The standard InChI is InChI=1S/C15H16ClNO2S2/c16-13-2-1-3-14(10-13)20-8-9-21(18,19)15-6-4-12(11-17)5-7-15/h1-7,10H,8-9,11,17H2. The number of halogens is 1. The van der Waals surface area contributed by atoms with Gasteiger partial charge in [-0.05, 0) is 35.9 Å². The van der Waals surface area contributed by atoms with Gasteiger partial charge < -0.3 is 5.73 Å². The van der Waals surface area contributed by atoms with Crippen molar-refractivity contribution in [3.05, 3.63) is 59.1 Å². The third-order valence-electron chi connectivity index (χ3n) is 2.94. The highest BCUT2D eigenvalue weighted by Gasteiger charge is 2.14. The van der Waals surface area contributed by atoms with Gasteiger partial charge in [0.25, 0.3) is 0 Å². The van der Waals surface area contributed by atoms with Gasteiger partial charge in [0.15, 0.2) is 9.84 Å². The van der Waals surface area contributed by atoms with Crippen molar-refractivity contribution in [3.63, 3.8) is 0 Å². The van der Waals surface area contributed by atoms with Gasteiger partial charge in [0.1, 0.15) is 0 Å². The molecule has 6 heteroatoms. The van der Waals surface area contributed by atoms with E-state index in [1.807, 2.05) is 18.2 Å². The lowest BCUT2D eigenvalue weighted by Crippen LogP contribution is -2.09. The lowest BCUT2D eigenvalue weighted by Gasteiger charge is -2.06. The molecule has 0 unspecified atom stereocenters. The molecular formula is C15H16ClNO2S2. The fourth-order valence-corrected chi connectivity index (χ4v) is 4.65. The van der Waals surface area contributed by atoms with Crippen LogP contribution in [0.15, 0.2) is 58.3 Å². The van der Waals surface area contributed by atoms with Crippen molar-refractivity contribution in [2.75, 3.05) is 11.5 Å². The molecular weight excluding hydrogens is 326 g/mol. The van der Waals surface area contributed by atoms with Crippen LogP contribution in [0.25, 0.3) is 0 Å². The summed E-state index contributed by atoms with van der Waals surface area (Å²) >= 11 is 7.38. The fraction of sp³-hybridized carbons (Fsp3) is 0.200. The molecule has 0 atom stereocenters. The second kappa shape index (κ2) is 7.31. The first-order valence-electron chi connectivity index (χ1n) is 6.41. The minimum absolute atomic E-state index is 0.0894. The van der Waals surface area contributed by atoms with Gasteiger partial charge >= 0.3 is 0 Å². The minimum atomic E-state index is -3.26. The maximum absolute atomic E-state index is 12.2.